The van der Waals surface area contributed by atoms with E-state index < -0.39 is 0 Å². The molecule has 0 bridgehead atoms. The molecule has 2 aromatic heterocycles. The van der Waals surface area contributed by atoms with Crippen LogP contribution in [-0.2, 0) is 5.41 Å². The first-order chi connectivity index (χ1) is 33.7. The Kier molecular flexibility index (Phi) is 9.36. The summed E-state index contributed by atoms with van der Waals surface area (Å²) < 4.78 is 4.79. The van der Waals surface area contributed by atoms with E-state index in [9.17, 15) is 0 Å². The molecule has 0 radical (unpaired) electrons. The summed E-state index contributed by atoms with van der Waals surface area (Å²) in [4.78, 5) is 0. The number of aromatic nitrogens is 2. The molecule has 0 aliphatic heterocycles. The average Bonchev–Trinajstić information content (AvgIpc) is 3.98. The summed E-state index contributed by atoms with van der Waals surface area (Å²) in [6, 6.07) is 80.9. The van der Waals surface area contributed by atoms with Crippen molar-refractivity contribution in [2.75, 3.05) is 0 Å². The third-order valence-electron chi connectivity index (χ3n) is 14.8. The first-order valence-electron chi connectivity index (χ1n) is 24.1. The Morgan fingerprint density at radius 1 is 0.319 bits per heavy atom. The monoisotopic (exact) mass is 882 g/mol. The molecule has 0 saturated carbocycles. The smallest absolute Gasteiger partial charge is 0.0541 e. The topological polar surface area (TPSA) is 9.86 Å². The van der Waals surface area contributed by atoms with Crippen molar-refractivity contribution < 1.29 is 0 Å². The molecule has 1 aliphatic carbocycles. The second kappa shape index (κ2) is 15.8. The molecular formula is C67H50N2. The Labute approximate surface area is 403 Å². The van der Waals surface area contributed by atoms with Gasteiger partial charge in [0.05, 0.1) is 22.1 Å². The first-order valence-corrected chi connectivity index (χ1v) is 24.1. The van der Waals surface area contributed by atoms with Gasteiger partial charge < -0.3 is 9.13 Å². The van der Waals surface area contributed by atoms with E-state index in [-0.39, 0.29) is 5.41 Å². The molecule has 0 unspecified atom stereocenters. The number of nitrogens with zero attached hydrogens (tertiary/aromatic N) is 2. The Morgan fingerprint density at radius 2 is 0.710 bits per heavy atom. The second-order valence-corrected chi connectivity index (χ2v) is 19.6. The fourth-order valence-electron chi connectivity index (χ4n) is 11.4. The number of aryl methyl sites for hydroxylation is 2. The highest BCUT2D eigenvalue weighted by molar-refractivity contribution is 6.11. The van der Waals surface area contributed by atoms with E-state index in [2.05, 4.69) is 267 Å². The summed E-state index contributed by atoms with van der Waals surface area (Å²) in [6.07, 6.45) is 4.42. The molecule has 0 amide bonds. The predicted molar refractivity (Wildman–Crippen MR) is 294 cm³/mol. The number of rotatable bonds is 7. The summed E-state index contributed by atoms with van der Waals surface area (Å²) in [5, 5.41) is 5.09. The van der Waals surface area contributed by atoms with E-state index in [1.54, 1.807) is 0 Å². The maximum absolute atomic E-state index is 2.44. The molecule has 2 nitrogen and oxygen atoms in total. The van der Waals surface area contributed by atoms with E-state index in [1.165, 1.54) is 133 Å². The third kappa shape index (κ3) is 6.78. The molecule has 13 rings (SSSR count). The Balaban J connectivity index is 0.740. The maximum Gasteiger partial charge on any atom is 0.0541 e. The van der Waals surface area contributed by atoms with Gasteiger partial charge in [0, 0.05) is 38.3 Å². The molecule has 328 valence electrons. The normalized spacial score (nSPS) is 13.0. The Morgan fingerprint density at radius 3 is 1.23 bits per heavy atom. The van der Waals surface area contributed by atoms with Crippen LogP contribution in [0, 0.1) is 13.8 Å². The summed E-state index contributed by atoms with van der Waals surface area (Å²) in [5.41, 5.74) is 24.9. The zero-order valence-electron chi connectivity index (χ0n) is 39.3. The van der Waals surface area contributed by atoms with Gasteiger partial charge in [-0.25, -0.2) is 0 Å². The molecule has 0 fully saturated rings. The van der Waals surface area contributed by atoms with Crippen molar-refractivity contribution in [3.63, 3.8) is 0 Å². The molecule has 69 heavy (non-hydrogen) atoms. The van der Waals surface area contributed by atoms with Gasteiger partial charge >= 0.3 is 0 Å². The highest BCUT2D eigenvalue weighted by atomic mass is 15.0. The van der Waals surface area contributed by atoms with Crippen molar-refractivity contribution >= 4 is 55.8 Å². The van der Waals surface area contributed by atoms with Crippen LogP contribution in [0.4, 0.5) is 0 Å². The van der Waals surface area contributed by atoms with E-state index >= 15 is 0 Å². The van der Waals surface area contributed by atoms with Crippen molar-refractivity contribution in [3.05, 3.63) is 252 Å². The van der Waals surface area contributed by atoms with Crippen LogP contribution in [0.5, 0.6) is 0 Å². The molecule has 0 saturated heterocycles. The minimum atomic E-state index is -0.145. The Bertz CT molecular complexity index is 4010. The van der Waals surface area contributed by atoms with Gasteiger partial charge in [-0.15, -0.1) is 0 Å². The van der Waals surface area contributed by atoms with Crippen LogP contribution in [0.2, 0.25) is 0 Å². The highest BCUT2D eigenvalue weighted by Crippen LogP contribution is 2.51. The summed E-state index contributed by atoms with van der Waals surface area (Å²) in [7, 11) is 0. The fourth-order valence-corrected chi connectivity index (χ4v) is 11.4. The van der Waals surface area contributed by atoms with Gasteiger partial charge in [-0.05, 0) is 165 Å². The summed E-state index contributed by atoms with van der Waals surface area (Å²) >= 11 is 0. The molecule has 1 aliphatic rings. The quantitative estimate of drug-likeness (QED) is 0.141. The third-order valence-corrected chi connectivity index (χ3v) is 14.8. The lowest BCUT2D eigenvalue weighted by atomic mass is 9.81. The molecule has 0 spiro atoms. The second-order valence-electron chi connectivity index (χ2n) is 19.6. The highest BCUT2D eigenvalue weighted by Gasteiger charge is 2.36. The SMILES string of the molecule is Cc1cc(C)cc(-n2c3ccccc3c3cc(-c4ccc5c(c4)C(C)(C)c4cc(-c6ccc(C=Cc7ccc(-c8ccc9c(c8)c8ccccc8n9-c8ccccc8)cc7)cc6)ccc4-5)ccc32)c1. The standard InChI is InChI=1S/C67H50N2/c1-43-36-44(2)38-54(37-43)69-64-17-11-9-15-58(64)60-40-50(31-35-66(60)69)52-29-33-56-55-32-28-51(41-61(55)67(3,4)62(56)42-52)48-26-22-46(23-27-48)19-18-45-20-24-47(25-21-45)49-30-34-65-59(39-49)57-14-8-10-16-63(57)68(65)53-12-6-5-7-13-53/h5-42H,1-4H3. The molecule has 12 aromatic rings. The minimum absolute atomic E-state index is 0.145. The van der Waals surface area contributed by atoms with Gasteiger partial charge in [-0.2, -0.15) is 0 Å². The zero-order valence-corrected chi connectivity index (χ0v) is 39.3. The Hall–Kier alpha value is -8.46. The summed E-state index contributed by atoms with van der Waals surface area (Å²) in [6.45, 7) is 9.14. The average molecular weight is 883 g/mol. The maximum atomic E-state index is 2.44. The van der Waals surface area contributed by atoms with Gasteiger partial charge in [0.15, 0.2) is 0 Å². The lowest BCUT2D eigenvalue weighted by Gasteiger charge is -2.22. The molecule has 10 aromatic carbocycles. The van der Waals surface area contributed by atoms with Crippen molar-refractivity contribution in [3.8, 4) is 55.9 Å². The van der Waals surface area contributed by atoms with Crippen LogP contribution in [0.15, 0.2) is 218 Å². The molecule has 2 heterocycles. The van der Waals surface area contributed by atoms with E-state index in [0.717, 1.165) is 0 Å². The first kappa shape index (κ1) is 40.8. The minimum Gasteiger partial charge on any atom is -0.309 e. The van der Waals surface area contributed by atoms with Gasteiger partial charge in [0.25, 0.3) is 0 Å². The summed E-state index contributed by atoms with van der Waals surface area (Å²) in [5.74, 6) is 0. The zero-order chi connectivity index (χ0) is 46.4. The van der Waals surface area contributed by atoms with Crippen LogP contribution >= 0.6 is 0 Å². The van der Waals surface area contributed by atoms with E-state index in [1.807, 2.05) is 0 Å². The van der Waals surface area contributed by atoms with Crippen molar-refractivity contribution in [2.24, 2.45) is 0 Å². The van der Waals surface area contributed by atoms with Gasteiger partial charge in [0.2, 0.25) is 0 Å². The van der Waals surface area contributed by atoms with Crippen LogP contribution in [-0.4, -0.2) is 9.13 Å². The molecule has 2 heteroatoms. The van der Waals surface area contributed by atoms with Crippen molar-refractivity contribution in [1.29, 1.82) is 0 Å². The van der Waals surface area contributed by atoms with Gasteiger partial charge in [-0.1, -0.05) is 172 Å². The van der Waals surface area contributed by atoms with Crippen molar-refractivity contribution in [2.45, 2.75) is 33.1 Å². The van der Waals surface area contributed by atoms with Crippen LogP contribution in [0.3, 0.4) is 0 Å². The number of para-hydroxylation sites is 3. The van der Waals surface area contributed by atoms with Crippen LogP contribution in [0.25, 0.3) is 112 Å². The largest absolute Gasteiger partial charge is 0.309 e. The predicted octanol–water partition coefficient (Wildman–Crippen LogP) is 18.0. The number of benzene rings is 10. The lowest BCUT2D eigenvalue weighted by Crippen LogP contribution is -2.15. The molecule has 0 atom stereocenters. The van der Waals surface area contributed by atoms with Crippen LogP contribution in [0.1, 0.15) is 47.2 Å². The fraction of sp³-hybridized carbons (Fsp3) is 0.0746. The van der Waals surface area contributed by atoms with Crippen LogP contribution < -0.4 is 0 Å². The van der Waals surface area contributed by atoms with E-state index in [4.69, 9.17) is 0 Å². The number of hydrogen-bond donors (Lipinski definition) is 0. The number of hydrogen-bond acceptors (Lipinski definition) is 0. The lowest BCUT2D eigenvalue weighted by molar-refractivity contribution is 0.661. The van der Waals surface area contributed by atoms with E-state index in [0.29, 0.717) is 0 Å². The number of fused-ring (bicyclic) bond motifs is 9. The van der Waals surface area contributed by atoms with Gasteiger partial charge in [-0.3, -0.25) is 0 Å². The van der Waals surface area contributed by atoms with Gasteiger partial charge in [0.1, 0.15) is 0 Å². The van der Waals surface area contributed by atoms with Crippen molar-refractivity contribution in [1.82, 2.24) is 9.13 Å². The molecular weight excluding hydrogens is 833 g/mol. The molecule has 0 N–H and O–H groups in total.